The molecule has 4 aliphatic rings. The molecule has 0 fully saturated rings. The highest BCUT2D eigenvalue weighted by Gasteiger charge is 2.16. The van der Waals surface area contributed by atoms with Crippen LogP contribution in [-0.2, 0) is 0 Å². The molecule has 1 atom stereocenters. The third kappa shape index (κ3) is 2.61. The average Bonchev–Trinajstić information content (AvgIpc) is 3.36. The van der Waals surface area contributed by atoms with Crippen molar-refractivity contribution in [1.29, 1.82) is 0 Å². The molecule has 5 nitrogen and oxygen atoms in total. The van der Waals surface area contributed by atoms with Crippen LogP contribution in [0.1, 0.15) is 0 Å². The van der Waals surface area contributed by atoms with Crippen molar-refractivity contribution in [2.24, 2.45) is 9.98 Å². The topological polar surface area (TPSA) is 68.0 Å². The summed E-state index contributed by atoms with van der Waals surface area (Å²) in [7, 11) is 0. The highest BCUT2D eigenvalue weighted by molar-refractivity contribution is 6.19. The van der Waals surface area contributed by atoms with Gasteiger partial charge in [0.25, 0.3) is 0 Å². The molecule has 0 saturated carbocycles. The predicted octanol–water partition coefficient (Wildman–Crippen LogP) is 0.543. The van der Waals surface area contributed by atoms with E-state index in [1.165, 1.54) is 0 Å². The van der Waals surface area contributed by atoms with Crippen molar-refractivity contribution in [2.45, 2.75) is 0 Å². The molecule has 5 rings (SSSR count). The molecule has 0 saturated heterocycles. The first-order chi connectivity index (χ1) is 12.2. The van der Waals surface area contributed by atoms with Crippen LogP contribution in [-0.4, -0.2) is 16.4 Å². The molecule has 2 N–H and O–H groups in total. The second-order valence-electron chi connectivity index (χ2n) is 6.11. The number of nitrogens with one attached hydrogen (secondary N) is 2. The lowest BCUT2D eigenvalue weighted by atomic mass is 10.3. The molecule has 1 aromatic heterocycles. The SMILES string of the molecule is [O-][NH+]1C2=CC=C1C=c1ccc([nH]1)=CC1=NC(=CC3=NC(=C2)C=C3)C=C1. The lowest BCUT2D eigenvalue weighted by Crippen LogP contribution is -3.01. The molecule has 5 heteroatoms. The number of aromatic nitrogens is 1. The fourth-order valence-corrected chi connectivity index (χ4v) is 3.07. The molecule has 1 aromatic rings. The monoisotopic (exact) mass is 326 g/mol. The number of quaternary nitrogens is 1. The van der Waals surface area contributed by atoms with Gasteiger partial charge in [0.1, 0.15) is 11.4 Å². The number of hydroxylamine groups is 2. The third-order valence-electron chi connectivity index (χ3n) is 4.28. The lowest BCUT2D eigenvalue weighted by molar-refractivity contribution is -0.749. The second kappa shape index (κ2) is 5.37. The Morgan fingerprint density at radius 3 is 2.08 bits per heavy atom. The summed E-state index contributed by atoms with van der Waals surface area (Å²) >= 11 is 0. The van der Waals surface area contributed by atoms with Gasteiger partial charge in [-0.25, -0.2) is 9.98 Å². The number of hydrogen-bond donors (Lipinski definition) is 2. The van der Waals surface area contributed by atoms with Gasteiger partial charge in [0.05, 0.1) is 22.8 Å². The van der Waals surface area contributed by atoms with E-state index in [1.54, 1.807) is 0 Å². The van der Waals surface area contributed by atoms with E-state index in [2.05, 4.69) is 15.0 Å². The number of fused-ring (bicyclic) bond motifs is 6. The Hall–Kier alpha value is -3.28. The van der Waals surface area contributed by atoms with Gasteiger partial charge in [0.2, 0.25) is 0 Å². The number of hydrogen-bond acceptors (Lipinski definition) is 3. The van der Waals surface area contributed by atoms with Crippen molar-refractivity contribution in [3.8, 4) is 0 Å². The van der Waals surface area contributed by atoms with E-state index < -0.39 is 0 Å². The van der Waals surface area contributed by atoms with E-state index in [-0.39, 0.29) is 5.06 Å². The molecule has 0 radical (unpaired) electrons. The van der Waals surface area contributed by atoms with Crippen molar-refractivity contribution in [3.63, 3.8) is 0 Å². The summed E-state index contributed by atoms with van der Waals surface area (Å²) in [4.78, 5) is 12.4. The number of aliphatic imine (C=N–C) groups is 2. The van der Waals surface area contributed by atoms with Gasteiger partial charge < -0.3 is 15.3 Å². The van der Waals surface area contributed by atoms with Crippen molar-refractivity contribution >= 4 is 23.6 Å². The largest absolute Gasteiger partial charge is 0.623 e. The van der Waals surface area contributed by atoms with Crippen molar-refractivity contribution in [2.75, 3.05) is 0 Å². The minimum atomic E-state index is 0.0150. The van der Waals surface area contributed by atoms with Gasteiger partial charge >= 0.3 is 0 Å². The number of rotatable bonds is 0. The summed E-state index contributed by atoms with van der Waals surface area (Å²) in [6.45, 7) is 0. The molecule has 5 heterocycles. The molecule has 0 spiro atoms. The highest BCUT2D eigenvalue weighted by Crippen LogP contribution is 2.16. The molecule has 1 unspecified atom stereocenters. The summed E-state index contributed by atoms with van der Waals surface area (Å²) < 4.78 is 0. The van der Waals surface area contributed by atoms with E-state index in [4.69, 9.17) is 0 Å². The van der Waals surface area contributed by atoms with Gasteiger partial charge in [-0.2, -0.15) is 0 Å². The first kappa shape index (κ1) is 14.1. The Bertz CT molecular complexity index is 1150. The zero-order valence-electron chi connectivity index (χ0n) is 13.2. The number of nitrogens with zero attached hydrogens (tertiary/aromatic N) is 2. The average molecular weight is 326 g/mol. The van der Waals surface area contributed by atoms with Crippen molar-refractivity contribution in [1.82, 2.24) is 4.98 Å². The van der Waals surface area contributed by atoms with Crippen molar-refractivity contribution in [3.05, 3.63) is 99.4 Å². The Balaban J connectivity index is 1.68. The standard InChI is InChI=1S/C20H14N4O/c25-24-19-7-8-20(24)12-18-6-4-16(23-18)10-14-2-1-13(21-14)9-15-3-5-17(11-19)22-15/h1-12,22,24H. The molecule has 120 valence electrons. The van der Waals surface area contributed by atoms with Gasteiger partial charge in [-0.05, 0) is 48.6 Å². The predicted molar refractivity (Wildman–Crippen MR) is 98.8 cm³/mol. The van der Waals surface area contributed by atoms with Crippen LogP contribution in [0, 0.1) is 5.21 Å². The van der Waals surface area contributed by atoms with Gasteiger partial charge in [-0.3, -0.25) is 0 Å². The molecule has 0 aliphatic carbocycles. The van der Waals surface area contributed by atoms with E-state index in [9.17, 15) is 5.21 Å². The minimum Gasteiger partial charge on any atom is -0.623 e. The molecule has 25 heavy (non-hydrogen) atoms. The number of aromatic amines is 1. The van der Waals surface area contributed by atoms with Gasteiger partial charge in [0.15, 0.2) is 0 Å². The third-order valence-corrected chi connectivity index (χ3v) is 4.28. The van der Waals surface area contributed by atoms with Gasteiger partial charge in [-0.15, -0.1) is 0 Å². The van der Waals surface area contributed by atoms with E-state index in [0.29, 0.717) is 11.4 Å². The molecular formula is C20H14N4O. The van der Waals surface area contributed by atoms with Crippen LogP contribution in [0.15, 0.2) is 93.5 Å². The molecule has 8 bridgehead atoms. The van der Waals surface area contributed by atoms with Crippen LogP contribution >= 0.6 is 0 Å². The highest BCUT2D eigenvalue weighted by atomic mass is 16.5. The Morgan fingerprint density at radius 2 is 1.32 bits per heavy atom. The summed E-state index contributed by atoms with van der Waals surface area (Å²) in [5.41, 5.74) is 4.66. The van der Waals surface area contributed by atoms with Crippen molar-refractivity contribution < 1.29 is 5.06 Å². The maximum absolute atomic E-state index is 12.6. The molecule has 0 amide bonds. The van der Waals surface area contributed by atoms with Crippen LogP contribution in [0.2, 0.25) is 0 Å². The zero-order valence-corrected chi connectivity index (χ0v) is 13.2. The van der Waals surface area contributed by atoms with E-state index in [0.717, 1.165) is 33.5 Å². The van der Waals surface area contributed by atoms with Crippen LogP contribution in [0.3, 0.4) is 0 Å². The Kier molecular flexibility index (Phi) is 3.03. The lowest BCUT2D eigenvalue weighted by Gasteiger charge is -2.18. The minimum absolute atomic E-state index is 0.0150. The zero-order chi connectivity index (χ0) is 16.8. The first-order valence-corrected chi connectivity index (χ1v) is 8.05. The fourth-order valence-electron chi connectivity index (χ4n) is 3.07. The molecular weight excluding hydrogens is 312 g/mol. The first-order valence-electron chi connectivity index (χ1n) is 8.05. The summed E-state index contributed by atoms with van der Waals surface area (Å²) in [5, 5.41) is 14.4. The molecule has 4 aliphatic heterocycles. The fraction of sp³-hybridized carbons (Fsp3) is 0. The van der Waals surface area contributed by atoms with Gasteiger partial charge in [-0.1, -0.05) is 0 Å². The number of H-pyrrole nitrogens is 1. The Morgan fingerprint density at radius 1 is 0.720 bits per heavy atom. The van der Waals surface area contributed by atoms with Crippen LogP contribution in [0.25, 0.3) is 12.2 Å². The van der Waals surface area contributed by atoms with Crippen LogP contribution in [0.4, 0.5) is 0 Å². The number of allylic oxidation sites excluding steroid dienone is 9. The summed E-state index contributed by atoms with van der Waals surface area (Å²) in [6, 6.07) is 3.94. The second-order valence-corrected chi connectivity index (χ2v) is 6.11. The van der Waals surface area contributed by atoms with Gasteiger partial charge in [0, 0.05) is 35.0 Å². The maximum atomic E-state index is 12.6. The summed E-state index contributed by atoms with van der Waals surface area (Å²) in [5.74, 6) is 0. The Labute approximate surface area is 143 Å². The molecule has 0 aromatic carbocycles. The van der Waals surface area contributed by atoms with Crippen LogP contribution in [0.5, 0.6) is 0 Å². The maximum Gasteiger partial charge on any atom is 0.138 e. The van der Waals surface area contributed by atoms with Crippen LogP contribution < -0.4 is 15.8 Å². The van der Waals surface area contributed by atoms with E-state index in [1.807, 2.05) is 72.9 Å². The normalized spacial score (nSPS) is 23.2. The summed E-state index contributed by atoms with van der Waals surface area (Å²) in [6.07, 6.45) is 19.1. The van der Waals surface area contributed by atoms with E-state index >= 15 is 0 Å². The quantitative estimate of drug-likeness (QED) is 0.672. The smallest absolute Gasteiger partial charge is 0.138 e.